The van der Waals surface area contributed by atoms with Crippen LogP contribution in [-0.4, -0.2) is 12.0 Å². The van der Waals surface area contributed by atoms with Crippen molar-refractivity contribution in [1.82, 2.24) is 5.32 Å². The highest BCUT2D eigenvalue weighted by Gasteiger charge is 2.19. The van der Waals surface area contributed by atoms with Gasteiger partial charge in [0.25, 0.3) is 5.91 Å². The van der Waals surface area contributed by atoms with Gasteiger partial charge in [-0.2, -0.15) is 0 Å². The molecule has 3 heteroatoms. The third-order valence-electron chi connectivity index (χ3n) is 4.36. The highest BCUT2D eigenvalue weighted by Crippen LogP contribution is 2.20. The third kappa shape index (κ3) is 4.60. The average Bonchev–Trinajstić information content (AvgIpc) is 2.56. The van der Waals surface area contributed by atoms with Gasteiger partial charge in [-0.1, -0.05) is 42.8 Å². The number of benzene rings is 2. The maximum atomic E-state index is 12.5. The lowest BCUT2D eigenvalue weighted by Gasteiger charge is -2.21. The van der Waals surface area contributed by atoms with Gasteiger partial charge in [0, 0.05) is 0 Å². The molecule has 0 radical (unpaired) electrons. The lowest BCUT2D eigenvalue weighted by molar-refractivity contribution is -0.128. The Hall–Kier alpha value is -2.29. The Bertz CT molecular complexity index is 691. The minimum Gasteiger partial charge on any atom is -0.481 e. The number of nitrogens with one attached hydrogen (secondary N) is 1. The van der Waals surface area contributed by atoms with Crippen LogP contribution in [0.2, 0.25) is 0 Å². The van der Waals surface area contributed by atoms with Crippen molar-refractivity contribution < 1.29 is 9.53 Å². The summed E-state index contributed by atoms with van der Waals surface area (Å²) in [6.45, 7) is 10.0. The van der Waals surface area contributed by atoms with Gasteiger partial charge in [0.2, 0.25) is 0 Å². The summed E-state index contributed by atoms with van der Waals surface area (Å²) in [6, 6.07) is 14.2. The van der Waals surface area contributed by atoms with E-state index in [9.17, 15) is 4.79 Å². The van der Waals surface area contributed by atoms with Crippen molar-refractivity contribution in [3.05, 3.63) is 64.7 Å². The number of rotatable bonds is 6. The summed E-state index contributed by atoms with van der Waals surface area (Å²) in [7, 11) is 0. The van der Waals surface area contributed by atoms with Crippen molar-refractivity contribution in [2.45, 2.75) is 53.2 Å². The van der Waals surface area contributed by atoms with Crippen LogP contribution in [0.15, 0.2) is 42.5 Å². The van der Waals surface area contributed by atoms with E-state index in [0.29, 0.717) is 0 Å². The molecular formula is C21H27NO2. The summed E-state index contributed by atoms with van der Waals surface area (Å²) >= 11 is 0. The fraction of sp³-hybridized carbons (Fsp3) is 0.381. The molecule has 0 aliphatic rings. The fourth-order valence-corrected chi connectivity index (χ4v) is 2.55. The number of hydrogen-bond donors (Lipinski definition) is 1. The van der Waals surface area contributed by atoms with Gasteiger partial charge in [0.05, 0.1) is 6.04 Å². The van der Waals surface area contributed by atoms with E-state index in [2.05, 4.69) is 50.4 Å². The van der Waals surface area contributed by atoms with Gasteiger partial charge in [-0.15, -0.1) is 0 Å². The number of carbonyl (C=O) groups is 1. The van der Waals surface area contributed by atoms with Crippen molar-refractivity contribution in [2.24, 2.45) is 0 Å². The van der Waals surface area contributed by atoms with Crippen LogP contribution >= 0.6 is 0 Å². The molecule has 2 rings (SSSR count). The molecule has 2 aromatic rings. The van der Waals surface area contributed by atoms with E-state index in [1.54, 1.807) is 6.92 Å². The first-order valence-electron chi connectivity index (χ1n) is 8.51. The van der Waals surface area contributed by atoms with Gasteiger partial charge >= 0.3 is 0 Å². The Morgan fingerprint density at radius 2 is 1.71 bits per heavy atom. The molecule has 0 bridgehead atoms. The second-order valence-corrected chi connectivity index (χ2v) is 6.39. The molecule has 0 unspecified atom stereocenters. The Morgan fingerprint density at radius 3 is 2.29 bits per heavy atom. The van der Waals surface area contributed by atoms with Crippen LogP contribution < -0.4 is 10.1 Å². The molecule has 0 saturated heterocycles. The highest BCUT2D eigenvalue weighted by molar-refractivity contribution is 5.81. The summed E-state index contributed by atoms with van der Waals surface area (Å²) in [6.07, 6.45) is 0.303. The minimum atomic E-state index is -0.536. The van der Waals surface area contributed by atoms with Gasteiger partial charge in [-0.3, -0.25) is 4.79 Å². The Kier molecular flexibility index (Phi) is 6.02. The molecule has 1 N–H and O–H groups in total. The first kappa shape index (κ1) is 18.1. The lowest BCUT2D eigenvalue weighted by Crippen LogP contribution is -2.38. The normalized spacial score (nSPS) is 13.2. The van der Waals surface area contributed by atoms with Gasteiger partial charge in [0.15, 0.2) is 6.10 Å². The Labute approximate surface area is 145 Å². The van der Waals surface area contributed by atoms with E-state index in [0.717, 1.165) is 23.3 Å². The van der Waals surface area contributed by atoms with Crippen molar-refractivity contribution in [3.63, 3.8) is 0 Å². The highest BCUT2D eigenvalue weighted by atomic mass is 16.5. The molecule has 0 saturated carbocycles. The molecule has 2 atom stereocenters. The topological polar surface area (TPSA) is 38.3 Å². The standard InChI is InChI=1S/C21H27NO2/c1-6-20(18-10-7-14(2)8-11-18)22-21(23)17(5)24-19-12-9-15(3)16(4)13-19/h7-13,17,20H,6H2,1-5H3,(H,22,23)/t17-,20-/m1/s1. The van der Waals surface area contributed by atoms with Gasteiger partial charge in [0.1, 0.15) is 5.75 Å². The zero-order valence-corrected chi connectivity index (χ0v) is 15.2. The molecule has 2 aromatic carbocycles. The molecule has 128 valence electrons. The first-order valence-corrected chi connectivity index (χ1v) is 8.51. The quantitative estimate of drug-likeness (QED) is 0.840. The zero-order chi connectivity index (χ0) is 17.7. The molecule has 0 aliphatic carbocycles. The van der Waals surface area contributed by atoms with Gasteiger partial charge in [-0.25, -0.2) is 0 Å². The average molecular weight is 325 g/mol. The Morgan fingerprint density at radius 1 is 1.04 bits per heavy atom. The molecule has 24 heavy (non-hydrogen) atoms. The monoisotopic (exact) mass is 325 g/mol. The Balaban J connectivity index is 2.01. The second kappa shape index (κ2) is 8.00. The smallest absolute Gasteiger partial charge is 0.261 e. The molecule has 0 aromatic heterocycles. The summed E-state index contributed by atoms with van der Waals surface area (Å²) < 4.78 is 5.80. The van der Waals surface area contributed by atoms with E-state index in [4.69, 9.17) is 4.74 Å². The van der Waals surface area contributed by atoms with Gasteiger partial charge < -0.3 is 10.1 Å². The fourth-order valence-electron chi connectivity index (χ4n) is 2.55. The van der Waals surface area contributed by atoms with Crippen LogP contribution in [0.1, 0.15) is 48.6 Å². The van der Waals surface area contributed by atoms with Crippen LogP contribution in [0.25, 0.3) is 0 Å². The number of ether oxygens (including phenoxy) is 1. The largest absolute Gasteiger partial charge is 0.481 e. The lowest BCUT2D eigenvalue weighted by atomic mass is 10.0. The number of carbonyl (C=O) groups excluding carboxylic acids is 1. The van der Waals surface area contributed by atoms with E-state index in [-0.39, 0.29) is 11.9 Å². The van der Waals surface area contributed by atoms with Crippen LogP contribution in [0.5, 0.6) is 5.75 Å². The summed E-state index contributed by atoms with van der Waals surface area (Å²) in [5.74, 6) is 0.629. The van der Waals surface area contributed by atoms with Crippen LogP contribution in [-0.2, 0) is 4.79 Å². The molecule has 0 aliphatic heterocycles. The number of aryl methyl sites for hydroxylation is 3. The van der Waals surface area contributed by atoms with Crippen molar-refractivity contribution >= 4 is 5.91 Å². The van der Waals surface area contributed by atoms with Crippen molar-refractivity contribution in [1.29, 1.82) is 0 Å². The predicted octanol–water partition coefficient (Wildman–Crippen LogP) is 4.65. The summed E-state index contributed by atoms with van der Waals surface area (Å²) in [5, 5.41) is 3.08. The summed E-state index contributed by atoms with van der Waals surface area (Å²) in [5.41, 5.74) is 4.71. The molecule has 0 heterocycles. The summed E-state index contributed by atoms with van der Waals surface area (Å²) in [4.78, 5) is 12.5. The first-order chi connectivity index (χ1) is 11.4. The molecule has 0 spiro atoms. The molecule has 1 amide bonds. The van der Waals surface area contributed by atoms with E-state index in [1.807, 2.05) is 25.1 Å². The maximum absolute atomic E-state index is 12.5. The van der Waals surface area contributed by atoms with Crippen LogP contribution in [0, 0.1) is 20.8 Å². The maximum Gasteiger partial charge on any atom is 0.261 e. The minimum absolute atomic E-state index is 0.00361. The number of amides is 1. The molecule has 0 fully saturated rings. The number of hydrogen-bond acceptors (Lipinski definition) is 2. The van der Waals surface area contributed by atoms with Crippen LogP contribution in [0.4, 0.5) is 0 Å². The SMILES string of the molecule is CC[C@@H](NC(=O)[C@@H](C)Oc1ccc(C)c(C)c1)c1ccc(C)cc1. The molecular weight excluding hydrogens is 298 g/mol. The van der Waals surface area contributed by atoms with Crippen LogP contribution in [0.3, 0.4) is 0 Å². The van der Waals surface area contributed by atoms with E-state index < -0.39 is 6.10 Å². The van der Waals surface area contributed by atoms with Gasteiger partial charge in [-0.05, 0) is 62.9 Å². The second-order valence-electron chi connectivity index (χ2n) is 6.39. The molecule has 3 nitrogen and oxygen atoms in total. The predicted molar refractivity (Wildman–Crippen MR) is 98.4 cm³/mol. The van der Waals surface area contributed by atoms with Crippen molar-refractivity contribution in [2.75, 3.05) is 0 Å². The van der Waals surface area contributed by atoms with E-state index >= 15 is 0 Å². The third-order valence-corrected chi connectivity index (χ3v) is 4.36. The zero-order valence-electron chi connectivity index (χ0n) is 15.2. The van der Waals surface area contributed by atoms with Crippen molar-refractivity contribution in [3.8, 4) is 5.75 Å². The van der Waals surface area contributed by atoms with E-state index in [1.165, 1.54) is 11.1 Å².